The minimum absolute atomic E-state index is 0.0217. The molecule has 7 atom stereocenters. The lowest BCUT2D eigenvalue weighted by atomic mass is 9.87. The van der Waals surface area contributed by atoms with Crippen molar-refractivity contribution in [2.24, 2.45) is 11.7 Å². The van der Waals surface area contributed by atoms with Gasteiger partial charge in [-0.15, -0.1) is 0 Å². The zero-order valence-corrected chi connectivity index (χ0v) is 21.5. The van der Waals surface area contributed by atoms with E-state index in [9.17, 15) is 15.0 Å². The topological polar surface area (TPSA) is 156 Å². The number of hydrogen-bond donors (Lipinski definition) is 8. The predicted octanol–water partition coefficient (Wildman–Crippen LogP) is -0.385. The minimum Gasteiger partial charge on any atom is -0.387 e. The van der Waals surface area contributed by atoms with Gasteiger partial charge in [-0.3, -0.25) is 15.5 Å². The number of amides is 2. The van der Waals surface area contributed by atoms with Gasteiger partial charge in [0.1, 0.15) is 24.5 Å². The number of nitrogens with zero attached hydrogens (tertiary/aromatic N) is 1. The average Bonchev–Trinajstić information content (AvgIpc) is 3.38. The quantitative estimate of drug-likeness (QED) is 0.221. The summed E-state index contributed by atoms with van der Waals surface area (Å²) in [5, 5.41) is 36.8. The van der Waals surface area contributed by atoms with E-state index < -0.39 is 24.5 Å². The van der Waals surface area contributed by atoms with Crippen molar-refractivity contribution in [2.75, 3.05) is 38.2 Å². The third-order valence-electron chi connectivity index (χ3n) is 7.43. The third kappa shape index (κ3) is 6.35. The van der Waals surface area contributed by atoms with E-state index in [0.717, 1.165) is 25.1 Å². The Morgan fingerprint density at radius 2 is 1.92 bits per heavy atom. The van der Waals surface area contributed by atoms with Crippen LogP contribution in [0.2, 0.25) is 0 Å². The summed E-state index contributed by atoms with van der Waals surface area (Å²) in [6, 6.07) is 7.64. The number of aliphatic hydroxyl groups excluding tert-OH is 2. The smallest absolute Gasteiger partial charge is 0.319 e. The Balaban J connectivity index is 1.13. The van der Waals surface area contributed by atoms with Crippen LogP contribution in [0.15, 0.2) is 24.3 Å². The Labute approximate surface area is 213 Å². The van der Waals surface area contributed by atoms with E-state index in [1.165, 1.54) is 5.56 Å². The molecule has 36 heavy (non-hydrogen) atoms. The molecule has 1 aromatic carbocycles. The molecular weight excluding hydrogens is 462 g/mol. The van der Waals surface area contributed by atoms with Crippen molar-refractivity contribution in [3.8, 4) is 0 Å². The van der Waals surface area contributed by atoms with Gasteiger partial charge in [0.25, 0.3) is 0 Å². The first-order chi connectivity index (χ1) is 17.1. The van der Waals surface area contributed by atoms with Crippen LogP contribution >= 0.6 is 0 Å². The van der Waals surface area contributed by atoms with Gasteiger partial charge in [-0.2, -0.15) is 0 Å². The molecule has 1 aromatic rings. The number of anilines is 1. The van der Waals surface area contributed by atoms with Crippen molar-refractivity contribution >= 4 is 11.7 Å². The lowest BCUT2D eigenvalue weighted by Gasteiger charge is -2.39. The third-order valence-corrected chi connectivity index (χ3v) is 7.43. The van der Waals surface area contributed by atoms with Gasteiger partial charge in [-0.1, -0.05) is 32.9 Å². The summed E-state index contributed by atoms with van der Waals surface area (Å²) in [7, 11) is 0. The van der Waals surface area contributed by atoms with Crippen LogP contribution in [0.4, 0.5) is 10.5 Å². The highest BCUT2D eigenvalue weighted by molar-refractivity contribution is 5.89. The highest BCUT2D eigenvalue weighted by Gasteiger charge is 2.51. The molecule has 2 amide bonds. The largest absolute Gasteiger partial charge is 0.387 e. The number of carbonyl (C=O) groups excluding carboxylic acids is 1. The Morgan fingerprint density at radius 1 is 1.17 bits per heavy atom. The lowest BCUT2D eigenvalue weighted by Crippen LogP contribution is -2.64. The summed E-state index contributed by atoms with van der Waals surface area (Å²) in [4.78, 5) is 14.2. The summed E-state index contributed by atoms with van der Waals surface area (Å²) in [5.74, 6) is 0.233. The molecule has 0 saturated carbocycles. The van der Waals surface area contributed by atoms with E-state index in [4.69, 9.17) is 10.5 Å². The molecule has 11 nitrogen and oxygen atoms in total. The second-order valence-corrected chi connectivity index (χ2v) is 11.1. The number of nitrogens with one attached hydrogen (secondary N) is 5. The zero-order chi connectivity index (χ0) is 25.9. The Bertz CT molecular complexity index is 865. The summed E-state index contributed by atoms with van der Waals surface area (Å²) >= 11 is 0. The van der Waals surface area contributed by atoms with Crippen LogP contribution in [-0.4, -0.2) is 90.9 Å². The van der Waals surface area contributed by atoms with Gasteiger partial charge in [0.2, 0.25) is 0 Å². The van der Waals surface area contributed by atoms with Crippen molar-refractivity contribution in [1.82, 2.24) is 26.2 Å². The van der Waals surface area contributed by atoms with Crippen molar-refractivity contribution in [3.05, 3.63) is 29.8 Å². The molecule has 0 spiro atoms. The predicted molar refractivity (Wildman–Crippen MR) is 138 cm³/mol. The average molecular weight is 506 g/mol. The first-order valence-corrected chi connectivity index (χ1v) is 13.0. The number of ether oxygens (including phenoxy) is 1. The molecule has 3 fully saturated rings. The van der Waals surface area contributed by atoms with Crippen LogP contribution in [0, 0.1) is 5.92 Å². The van der Waals surface area contributed by atoms with Crippen molar-refractivity contribution in [2.45, 2.75) is 75.9 Å². The van der Waals surface area contributed by atoms with E-state index >= 15 is 0 Å². The van der Waals surface area contributed by atoms with Crippen LogP contribution in [0.1, 0.15) is 39.2 Å². The lowest BCUT2D eigenvalue weighted by molar-refractivity contribution is -0.105. The SMILES string of the molecule is CC(C)(C)c1ccc(NC(=O)NCCCNCC2OC(N3CCC4C(N)NCNC43)C(O)C2O)cc1. The highest BCUT2D eigenvalue weighted by atomic mass is 16.6. The standard InChI is InChI=1S/C25H43N7O4/c1-25(2,3)15-5-7-16(8-6-15)31-24(35)28-11-4-10-27-13-18-19(33)20(34)23(36-18)32-12-9-17-21(26)29-14-30-22(17)32/h5-8,17-23,27,29-30,33-34H,4,9-14,26H2,1-3H3,(H2,28,31,35). The number of hydrogen-bond acceptors (Lipinski definition) is 9. The maximum absolute atomic E-state index is 12.2. The fourth-order valence-corrected chi connectivity index (χ4v) is 5.26. The Kier molecular flexibility index (Phi) is 8.84. The monoisotopic (exact) mass is 505 g/mol. The number of likely N-dealkylation sites (tertiary alicyclic amines) is 1. The van der Waals surface area contributed by atoms with E-state index in [2.05, 4.69) is 52.3 Å². The number of nitrogens with two attached hydrogens (primary N) is 1. The van der Waals surface area contributed by atoms with Gasteiger partial charge >= 0.3 is 6.03 Å². The number of carbonyl (C=O) groups is 1. The van der Waals surface area contributed by atoms with Crippen molar-refractivity contribution in [1.29, 1.82) is 0 Å². The number of aliphatic hydroxyl groups is 2. The van der Waals surface area contributed by atoms with Gasteiger partial charge < -0.3 is 36.6 Å². The van der Waals surface area contributed by atoms with Gasteiger partial charge in [0.15, 0.2) is 0 Å². The van der Waals surface area contributed by atoms with Crippen LogP contribution in [0.3, 0.4) is 0 Å². The number of fused-ring (bicyclic) bond motifs is 1. The first-order valence-electron chi connectivity index (χ1n) is 13.0. The molecule has 202 valence electrons. The van der Waals surface area contributed by atoms with Crippen molar-refractivity contribution in [3.63, 3.8) is 0 Å². The molecule has 0 aromatic heterocycles. The van der Waals surface area contributed by atoms with Crippen LogP contribution in [0.5, 0.6) is 0 Å². The molecule has 0 aliphatic carbocycles. The van der Waals surface area contributed by atoms with E-state index in [0.29, 0.717) is 26.3 Å². The van der Waals surface area contributed by atoms with Crippen LogP contribution in [0.25, 0.3) is 0 Å². The van der Waals surface area contributed by atoms with Gasteiger partial charge in [0.05, 0.1) is 12.3 Å². The summed E-state index contributed by atoms with van der Waals surface area (Å²) in [5.41, 5.74) is 8.22. The fourth-order valence-electron chi connectivity index (χ4n) is 5.26. The molecular formula is C25H43N7O4. The van der Waals surface area contributed by atoms with Crippen LogP contribution < -0.4 is 32.3 Å². The van der Waals surface area contributed by atoms with Gasteiger partial charge in [-0.25, -0.2) is 4.79 Å². The molecule has 0 bridgehead atoms. The Hall–Kier alpha value is -1.83. The van der Waals surface area contributed by atoms with Gasteiger partial charge in [0, 0.05) is 37.9 Å². The molecule has 11 heteroatoms. The van der Waals surface area contributed by atoms with E-state index in [-0.39, 0.29) is 29.7 Å². The molecule has 9 N–H and O–H groups in total. The maximum atomic E-state index is 12.2. The van der Waals surface area contributed by atoms with E-state index in [1.54, 1.807) is 0 Å². The normalized spacial score (nSPS) is 32.9. The molecule has 3 saturated heterocycles. The number of rotatable bonds is 8. The molecule has 3 aliphatic rings. The molecule has 3 aliphatic heterocycles. The van der Waals surface area contributed by atoms with E-state index in [1.807, 2.05) is 24.3 Å². The molecule has 7 unspecified atom stereocenters. The molecule has 4 rings (SSSR count). The number of benzene rings is 1. The second-order valence-electron chi connectivity index (χ2n) is 11.1. The van der Waals surface area contributed by atoms with Gasteiger partial charge in [-0.05, 0) is 42.5 Å². The van der Waals surface area contributed by atoms with Crippen LogP contribution in [-0.2, 0) is 10.2 Å². The highest BCUT2D eigenvalue weighted by Crippen LogP contribution is 2.33. The Morgan fingerprint density at radius 3 is 2.64 bits per heavy atom. The maximum Gasteiger partial charge on any atom is 0.319 e. The molecule has 3 heterocycles. The second kappa shape index (κ2) is 11.7. The fraction of sp³-hybridized carbons (Fsp3) is 0.720. The summed E-state index contributed by atoms with van der Waals surface area (Å²) in [6.45, 7) is 9.38. The first kappa shape index (κ1) is 27.2. The molecule has 0 radical (unpaired) electrons. The summed E-state index contributed by atoms with van der Waals surface area (Å²) in [6.07, 6.45) is -1.47. The zero-order valence-electron chi connectivity index (χ0n) is 21.5. The minimum atomic E-state index is -0.980. The number of urea groups is 1. The van der Waals surface area contributed by atoms with Crippen molar-refractivity contribution < 1.29 is 19.7 Å². The summed E-state index contributed by atoms with van der Waals surface area (Å²) < 4.78 is 6.08.